The lowest BCUT2D eigenvalue weighted by molar-refractivity contribution is -0.121. The van der Waals surface area contributed by atoms with Gasteiger partial charge in [-0.1, -0.05) is 6.92 Å². The number of carbonyl (C=O) groups is 1. The van der Waals surface area contributed by atoms with Crippen molar-refractivity contribution in [3.05, 3.63) is 0 Å². The van der Waals surface area contributed by atoms with Crippen LogP contribution in [-0.2, 0) is 4.79 Å². The summed E-state index contributed by atoms with van der Waals surface area (Å²) in [7, 11) is 0. The lowest BCUT2D eigenvalue weighted by atomic mass is 10.00. The van der Waals surface area contributed by atoms with E-state index in [1.54, 1.807) is 0 Å². The van der Waals surface area contributed by atoms with Gasteiger partial charge in [0, 0.05) is 32.1 Å². The number of guanidine groups is 1. The quantitative estimate of drug-likeness (QED) is 0.415. The van der Waals surface area contributed by atoms with Crippen LogP contribution < -0.4 is 10.6 Å². The summed E-state index contributed by atoms with van der Waals surface area (Å²) in [6.45, 7) is 11.9. The summed E-state index contributed by atoms with van der Waals surface area (Å²) in [5.41, 5.74) is 0. The van der Waals surface area contributed by atoms with Crippen molar-refractivity contribution in [3.8, 4) is 0 Å². The maximum absolute atomic E-state index is 11.6. The molecule has 0 spiro atoms. The third-order valence-corrected chi connectivity index (χ3v) is 3.47. The van der Waals surface area contributed by atoms with E-state index in [1.165, 1.54) is 12.8 Å². The minimum Gasteiger partial charge on any atom is -0.357 e. The first-order valence-electron chi connectivity index (χ1n) is 7.85. The van der Waals surface area contributed by atoms with Gasteiger partial charge in [0.15, 0.2) is 5.96 Å². The second-order valence-corrected chi connectivity index (χ2v) is 5.88. The van der Waals surface area contributed by atoms with Crippen LogP contribution in [0.4, 0.5) is 0 Å². The highest BCUT2D eigenvalue weighted by molar-refractivity contribution is 14.0. The molecule has 1 fully saturated rings. The van der Waals surface area contributed by atoms with Crippen molar-refractivity contribution in [2.24, 2.45) is 10.9 Å². The molecule has 0 unspecified atom stereocenters. The molecular weight excluding hydrogens is 379 g/mol. The Morgan fingerprint density at radius 1 is 1.33 bits per heavy atom. The van der Waals surface area contributed by atoms with Crippen LogP contribution in [0.15, 0.2) is 4.99 Å². The second kappa shape index (κ2) is 11.1. The number of amides is 1. The number of hydrogen-bond acceptors (Lipinski definition) is 2. The van der Waals surface area contributed by atoms with Crippen molar-refractivity contribution in [3.63, 3.8) is 0 Å². The van der Waals surface area contributed by atoms with Gasteiger partial charge >= 0.3 is 0 Å². The second-order valence-electron chi connectivity index (χ2n) is 5.88. The number of carbonyl (C=O) groups excluding carboxylic acids is 1. The Labute approximate surface area is 146 Å². The molecule has 1 rings (SSSR count). The fraction of sp³-hybridized carbons (Fsp3) is 0.867. The van der Waals surface area contributed by atoms with E-state index in [2.05, 4.69) is 34.4 Å². The first-order chi connectivity index (χ1) is 9.52. The van der Waals surface area contributed by atoms with E-state index in [1.807, 2.05) is 13.8 Å². The largest absolute Gasteiger partial charge is 0.357 e. The summed E-state index contributed by atoms with van der Waals surface area (Å²) in [5.74, 6) is 1.84. The smallest absolute Gasteiger partial charge is 0.222 e. The Morgan fingerprint density at radius 3 is 2.48 bits per heavy atom. The third-order valence-electron chi connectivity index (χ3n) is 3.47. The van der Waals surface area contributed by atoms with Gasteiger partial charge in [0.05, 0.1) is 6.54 Å². The molecule has 0 bridgehead atoms. The van der Waals surface area contributed by atoms with Crippen molar-refractivity contribution in [1.82, 2.24) is 15.5 Å². The van der Waals surface area contributed by atoms with Crippen molar-refractivity contribution in [2.75, 3.05) is 26.2 Å². The Bertz CT molecular complexity index is 326. The zero-order valence-electron chi connectivity index (χ0n) is 13.8. The molecule has 124 valence electrons. The first kappa shape index (κ1) is 20.5. The molecule has 1 heterocycles. The normalized spacial score (nSPS) is 16.6. The van der Waals surface area contributed by atoms with Crippen LogP contribution in [-0.4, -0.2) is 49.0 Å². The van der Waals surface area contributed by atoms with Gasteiger partial charge in [-0.05, 0) is 39.5 Å². The van der Waals surface area contributed by atoms with Crippen LogP contribution in [0, 0.1) is 5.92 Å². The highest BCUT2D eigenvalue weighted by Crippen LogP contribution is 2.15. The van der Waals surface area contributed by atoms with Gasteiger partial charge in [-0.25, -0.2) is 0 Å². The number of halogens is 1. The molecule has 2 N–H and O–H groups in total. The van der Waals surface area contributed by atoms with Crippen LogP contribution in [0.3, 0.4) is 0 Å². The number of piperidine rings is 1. The van der Waals surface area contributed by atoms with Crippen molar-refractivity contribution in [1.29, 1.82) is 0 Å². The molecule has 0 aromatic rings. The molecule has 1 amide bonds. The number of aliphatic imine (C=N–C) groups is 1. The molecule has 21 heavy (non-hydrogen) atoms. The van der Waals surface area contributed by atoms with Crippen molar-refractivity contribution < 1.29 is 4.79 Å². The van der Waals surface area contributed by atoms with E-state index in [4.69, 9.17) is 0 Å². The zero-order chi connectivity index (χ0) is 15.0. The minimum atomic E-state index is 0. The lowest BCUT2D eigenvalue weighted by Gasteiger charge is -2.33. The van der Waals surface area contributed by atoms with Gasteiger partial charge in [0.1, 0.15) is 0 Å². The Hall–Kier alpha value is -0.530. The summed E-state index contributed by atoms with van der Waals surface area (Å²) >= 11 is 0. The Morgan fingerprint density at radius 2 is 1.95 bits per heavy atom. The van der Waals surface area contributed by atoms with Gasteiger partial charge in [0.25, 0.3) is 0 Å². The van der Waals surface area contributed by atoms with E-state index in [0.717, 1.165) is 31.5 Å². The first-order valence-corrected chi connectivity index (χ1v) is 7.85. The molecule has 6 heteroatoms. The number of nitrogens with zero attached hydrogens (tertiary/aromatic N) is 2. The maximum Gasteiger partial charge on any atom is 0.222 e. The van der Waals surface area contributed by atoms with E-state index in [0.29, 0.717) is 13.0 Å². The third kappa shape index (κ3) is 8.48. The predicted octanol–water partition coefficient (Wildman–Crippen LogP) is 2.22. The molecular formula is C15H31IN4O. The average molecular weight is 410 g/mol. The molecule has 0 aromatic carbocycles. The molecule has 1 aliphatic rings. The predicted molar refractivity (Wildman–Crippen MR) is 99.3 cm³/mol. The summed E-state index contributed by atoms with van der Waals surface area (Å²) in [5, 5.41) is 6.22. The summed E-state index contributed by atoms with van der Waals surface area (Å²) < 4.78 is 0. The molecule has 0 aliphatic carbocycles. The monoisotopic (exact) mass is 410 g/mol. The number of hydrogen-bond donors (Lipinski definition) is 2. The molecule has 0 atom stereocenters. The van der Waals surface area contributed by atoms with E-state index in [9.17, 15) is 4.79 Å². The van der Waals surface area contributed by atoms with Crippen LogP contribution in [0.1, 0.15) is 47.0 Å². The van der Waals surface area contributed by atoms with Gasteiger partial charge < -0.3 is 15.5 Å². The average Bonchev–Trinajstić information content (AvgIpc) is 2.38. The lowest BCUT2D eigenvalue weighted by Crippen LogP contribution is -2.45. The van der Waals surface area contributed by atoms with Crippen LogP contribution in [0.2, 0.25) is 0 Å². The molecule has 5 nitrogen and oxygen atoms in total. The van der Waals surface area contributed by atoms with Crippen molar-refractivity contribution >= 4 is 35.8 Å². The number of likely N-dealkylation sites (tertiary alicyclic amines) is 1. The molecule has 0 saturated carbocycles. The van der Waals surface area contributed by atoms with Gasteiger partial charge in [-0.15, -0.1) is 24.0 Å². The van der Waals surface area contributed by atoms with E-state index >= 15 is 0 Å². The van der Waals surface area contributed by atoms with Crippen molar-refractivity contribution in [2.45, 2.75) is 53.0 Å². The molecule has 0 aromatic heterocycles. The maximum atomic E-state index is 11.6. The highest BCUT2D eigenvalue weighted by Gasteiger charge is 2.18. The Kier molecular flexibility index (Phi) is 10.8. The number of nitrogens with one attached hydrogen (secondary N) is 2. The molecule has 1 saturated heterocycles. The standard InChI is InChI=1S/C15H30N4O.HI/c1-5-16-15(19-10-7-13(4)8-11-19)17-9-6-14(20)18-12(2)3;/h12-13H,5-11H2,1-4H3,(H,16,17)(H,18,20);1H. The van der Waals surface area contributed by atoms with Crippen LogP contribution in [0.5, 0.6) is 0 Å². The van der Waals surface area contributed by atoms with Gasteiger partial charge in [-0.2, -0.15) is 0 Å². The fourth-order valence-corrected chi connectivity index (χ4v) is 2.30. The van der Waals surface area contributed by atoms with E-state index in [-0.39, 0.29) is 35.9 Å². The number of rotatable bonds is 5. The van der Waals surface area contributed by atoms with Gasteiger partial charge in [-0.3, -0.25) is 9.79 Å². The minimum absolute atomic E-state index is 0. The molecule has 0 radical (unpaired) electrons. The van der Waals surface area contributed by atoms with Crippen LogP contribution in [0.25, 0.3) is 0 Å². The van der Waals surface area contributed by atoms with Crippen LogP contribution >= 0.6 is 24.0 Å². The van der Waals surface area contributed by atoms with E-state index < -0.39 is 0 Å². The summed E-state index contributed by atoms with van der Waals surface area (Å²) in [6.07, 6.45) is 2.90. The Balaban J connectivity index is 0.00000400. The molecule has 1 aliphatic heterocycles. The highest BCUT2D eigenvalue weighted by atomic mass is 127. The fourth-order valence-electron chi connectivity index (χ4n) is 2.30. The SMILES string of the molecule is CCNC(=NCCC(=O)NC(C)C)N1CCC(C)CC1.I. The topological polar surface area (TPSA) is 56.7 Å². The summed E-state index contributed by atoms with van der Waals surface area (Å²) in [6, 6.07) is 0.197. The zero-order valence-corrected chi connectivity index (χ0v) is 16.1. The van der Waals surface area contributed by atoms with Gasteiger partial charge in [0.2, 0.25) is 5.91 Å². The summed E-state index contributed by atoms with van der Waals surface area (Å²) in [4.78, 5) is 18.5.